The number of hydrogen-bond donors (Lipinski definition) is 0. The van der Waals surface area contributed by atoms with Crippen molar-refractivity contribution in [2.75, 3.05) is 0 Å². The van der Waals surface area contributed by atoms with Gasteiger partial charge in [0, 0.05) is 59.6 Å². The van der Waals surface area contributed by atoms with E-state index in [1.165, 1.54) is 31.9 Å². The molecule has 6 nitrogen and oxygen atoms in total. The van der Waals surface area contributed by atoms with Gasteiger partial charge in [-0.2, -0.15) is 35.1 Å². The second-order valence-corrected chi connectivity index (χ2v) is 14.6. The first-order valence-electron chi connectivity index (χ1n) is 8.53. The molecule has 0 heterocycles. The molecule has 20 heteroatoms. The first kappa shape index (κ1) is 31.4. The molecule has 0 unspecified atom stereocenters. The minimum absolute atomic E-state index is 0.186. The van der Waals surface area contributed by atoms with E-state index < -0.39 is 62.0 Å². The summed E-state index contributed by atoms with van der Waals surface area (Å²) in [5.74, 6) is -2.60. The highest BCUT2D eigenvalue weighted by molar-refractivity contribution is 9.10. The van der Waals surface area contributed by atoms with E-state index in [4.69, 9.17) is 21.4 Å². The molecule has 0 N–H and O–H groups in total. The summed E-state index contributed by atoms with van der Waals surface area (Å²) in [7, 11) is -0.735. The largest absolute Gasteiger partial charge is 0.475 e. The average Bonchev–Trinajstić information content (AvgIpc) is 2.64. The second-order valence-electron chi connectivity index (χ2n) is 6.79. The molecular weight excluding hydrogens is 735 g/mol. The normalized spacial score (nSPS) is 17.8. The monoisotopic (exact) mass is 740 g/mol. The fourth-order valence-corrected chi connectivity index (χ4v) is 7.72. The number of ether oxygens (including phenoxy) is 2. The average molecular weight is 743 g/mol. The zero-order valence-corrected chi connectivity index (χ0v) is 22.8. The van der Waals surface area contributed by atoms with Crippen molar-refractivity contribution in [3.8, 4) is 5.75 Å². The van der Waals surface area contributed by atoms with Crippen molar-refractivity contribution in [3.63, 3.8) is 0 Å². The van der Waals surface area contributed by atoms with Gasteiger partial charge >= 0.3 is 21.9 Å². The molecule has 0 radical (unpaired) electrons. The van der Waals surface area contributed by atoms with Gasteiger partial charge in [0.05, 0.1) is 0 Å². The van der Waals surface area contributed by atoms with Crippen molar-refractivity contribution in [2.24, 2.45) is 0 Å². The molecule has 1 aromatic rings. The Bertz CT molecular complexity index is 1260. The lowest BCUT2D eigenvalue weighted by Gasteiger charge is -2.35. The van der Waals surface area contributed by atoms with Crippen LogP contribution in [-0.2, 0) is 22.8 Å². The molecule has 1 aliphatic rings. The van der Waals surface area contributed by atoms with Crippen LogP contribution < -0.4 is 4.74 Å². The Morgan fingerprint density at radius 1 is 0.750 bits per heavy atom. The molecule has 0 saturated carbocycles. The molecular formula is C16H8Br2Cl2F8O6S2. The predicted molar refractivity (Wildman–Crippen MR) is 119 cm³/mol. The third-order valence-electron chi connectivity index (χ3n) is 4.39. The van der Waals surface area contributed by atoms with Crippen LogP contribution in [-0.4, -0.2) is 42.8 Å². The first-order valence-corrected chi connectivity index (χ1v) is 14.7. The zero-order valence-electron chi connectivity index (χ0n) is 16.5. The number of rotatable bonds is 9. The SMILES string of the molecule is O=S(=O)(Cl)C1(S(=O)(=O)Cl)CC(c2ccc(OC(F)(F)C(F)(F)Br)cc2)=CC=C1OC(F)(F)C(F)(F)Br. The summed E-state index contributed by atoms with van der Waals surface area (Å²) in [6.45, 7) is 0. The van der Waals surface area contributed by atoms with Crippen molar-refractivity contribution in [1.29, 1.82) is 0 Å². The van der Waals surface area contributed by atoms with Gasteiger partial charge in [-0.05, 0) is 29.3 Å². The summed E-state index contributed by atoms with van der Waals surface area (Å²) >= 11 is 2.77. The molecule has 0 aromatic heterocycles. The Morgan fingerprint density at radius 3 is 1.56 bits per heavy atom. The third kappa shape index (κ3) is 6.08. The Kier molecular flexibility index (Phi) is 8.49. The van der Waals surface area contributed by atoms with E-state index in [1.807, 2.05) is 0 Å². The Hall–Kier alpha value is -0.820. The van der Waals surface area contributed by atoms with Gasteiger partial charge in [-0.25, -0.2) is 16.8 Å². The minimum Gasteiger partial charge on any atom is -0.429 e. The molecule has 36 heavy (non-hydrogen) atoms. The number of benzene rings is 1. The molecule has 0 amide bonds. The highest BCUT2D eigenvalue weighted by Gasteiger charge is 2.65. The molecule has 0 atom stereocenters. The number of alkyl halides is 10. The standard InChI is InChI=1S/C16H8Br2Cl2F8O6S2/c17-13(21,22)15(25,26)33-10-4-1-8(2-5-10)9-3-6-11(34-16(27,28)14(18,23)24)12(7-9,35(19,29)30)36(20,31)32/h1-6H,7H2. The Labute approximate surface area is 223 Å². The summed E-state index contributed by atoms with van der Waals surface area (Å²) < 4.78 is 160. The highest BCUT2D eigenvalue weighted by atomic mass is 79.9. The summed E-state index contributed by atoms with van der Waals surface area (Å²) in [5.41, 5.74) is -0.553. The Balaban J connectivity index is 2.61. The summed E-state index contributed by atoms with van der Waals surface area (Å²) in [6.07, 6.45) is -10.9. The summed E-state index contributed by atoms with van der Waals surface area (Å²) in [4.78, 5) is -9.87. The number of halogens is 12. The van der Waals surface area contributed by atoms with Gasteiger partial charge in [-0.1, -0.05) is 18.2 Å². The van der Waals surface area contributed by atoms with Crippen LogP contribution in [0.5, 0.6) is 5.75 Å². The van der Waals surface area contributed by atoms with E-state index in [0.717, 1.165) is 18.2 Å². The maximum Gasteiger partial charge on any atom is 0.475 e. The van der Waals surface area contributed by atoms with Crippen molar-refractivity contribution in [3.05, 3.63) is 47.7 Å². The smallest absolute Gasteiger partial charge is 0.429 e. The van der Waals surface area contributed by atoms with Crippen LogP contribution in [0.15, 0.2) is 42.2 Å². The van der Waals surface area contributed by atoms with E-state index in [-0.39, 0.29) is 17.2 Å². The van der Waals surface area contributed by atoms with Crippen molar-refractivity contribution in [1.82, 2.24) is 0 Å². The topological polar surface area (TPSA) is 86.7 Å². The second kappa shape index (κ2) is 9.73. The first-order chi connectivity index (χ1) is 15.9. The molecule has 204 valence electrons. The minimum atomic E-state index is -5.59. The molecule has 0 spiro atoms. The maximum absolute atomic E-state index is 13.8. The van der Waals surface area contributed by atoms with Crippen molar-refractivity contribution < 1.29 is 61.4 Å². The van der Waals surface area contributed by atoms with Gasteiger partial charge in [0.15, 0.2) is 0 Å². The lowest BCUT2D eigenvalue weighted by molar-refractivity contribution is -0.295. The van der Waals surface area contributed by atoms with Crippen LogP contribution in [0.1, 0.15) is 12.0 Å². The fourth-order valence-electron chi connectivity index (χ4n) is 2.68. The van der Waals surface area contributed by atoms with Crippen LogP contribution in [0.25, 0.3) is 5.57 Å². The van der Waals surface area contributed by atoms with Gasteiger partial charge in [0.2, 0.25) is 0 Å². The van der Waals surface area contributed by atoms with Gasteiger partial charge in [-0.15, -0.1) is 0 Å². The van der Waals surface area contributed by atoms with Gasteiger partial charge in [0.1, 0.15) is 11.5 Å². The number of allylic oxidation sites excluding steroid dienone is 3. The van der Waals surface area contributed by atoms with E-state index in [2.05, 4.69) is 9.47 Å². The van der Waals surface area contributed by atoms with Gasteiger partial charge in [0.25, 0.3) is 22.2 Å². The highest BCUT2D eigenvalue weighted by Crippen LogP contribution is 2.51. The molecule has 0 fully saturated rings. The number of hydrogen-bond acceptors (Lipinski definition) is 6. The van der Waals surface area contributed by atoms with Crippen LogP contribution in [0.3, 0.4) is 0 Å². The zero-order chi connectivity index (χ0) is 28.2. The molecule has 0 bridgehead atoms. The van der Waals surface area contributed by atoms with Crippen LogP contribution in [0.4, 0.5) is 35.1 Å². The quantitative estimate of drug-likeness (QED) is 0.158. The summed E-state index contributed by atoms with van der Waals surface area (Å²) in [5, 5.41) is 0. The molecule has 0 saturated heterocycles. The van der Waals surface area contributed by atoms with Crippen molar-refractivity contribution in [2.45, 2.75) is 32.4 Å². The maximum atomic E-state index is 13.8. The summed E-state index contributed by atoms with van der Waals surface area (Å²) in [6, 6.07) is 3.14. The van der Waals surface area contributed by atoms with Gasteiger partial charge in [-0.3, -0.25) is 0 Å². The predicted octanol–water partition coefficient (Wildman–Crippen LogP) is 6.75. The van der Waals surface area contributed by atoms with E-state index >= 15 is 0 Å². The van der Waals surface area contributed by atoms with Crippen LogP contribution in [0, 0.1) is 0 Å². The van der Waals surface area contributed by atoms with Crippen LogP contribution in [0.2, 0.25) is 0 Å². The van der Waals surface area contributed by atoms with E-state index in [9.17, 15) is 52.0 Å². The van der Waals surface area contributed by atoms with Crippen LogP contribution >= 0.6 is 53.2 Å². The third-order valence-corrected chi connectivity index (χ3v) is 11.0. The Morgan fingerprint density at radius 2 is 1.17 bits per heavy atom. The van der Waals surface area contributed by atoms with Gasteiger partial charge < -0.3 is 9.47 Å². The molecule has 1 aliphatic carbocycles. The fraction of sp³-hybridized carbons (Fsp3) is 0.375. The van der Waals surface area contributed by atoms with E-state index in [0.29, 0.717) is 12.1 Å². The van der Waals surface area contributed by atoms with E-state index in [1.54, 1.807) is 0 Å². The lowest BCUT2D eigenvalue weighted by Crippen LogP contribution is -2.49. The lowest BCUT2D eigenvalue weighted by atomic mass is 9.95. The molecule has 2 rings (SSSR count). The molecule has 1 aromatic carbocycles. The van der Waals surface area contributed by atoms with Crippen molar-refractivity contribution >= 4 is 76.9 Å². The molecule has 0 aliphatic heterocycles.